The van der Waals surface area contributed by atoms with E-state index < -0.39 is 0 Å². The Balaban J connectivity index is 0.00000225. The Bertz CT molecular complexity index is 904. The molecule has 7 heteroatoms. The molecule has 6 nitrogen and oxygen atoms in total. The number of nitrogens with zero attached hydrogens (tertiary/aromatic N) is 3. The lowest BCUT2D eigenvalue weighted by Gasteiger charge is -2.30. The van der Waals surface area contributed by atoms with E-state index in [4.69, 9.17) is 10.3 Å². The molecule has 1 saturated heterocycles. The molecular weight excluding hydrogens is 376 g/mol. The summed E-state index contributed by atoms with van der Waals surface area (Å²) < 4.78 is 5.51. The molecule has 0 radical (unpaired) electrons. The second-order valence-electron chi connectivity index (χ2n) is 6.79. The van der Waals surface area contributed by atoms with Gasteiger partial charge in [-0.05, 0) is 30.5 Å². The van der Waals surface area contributed by atoms with Crippen LogP contribution in [0.1, 0.15) is 40.6 Å². The molecule has 1 fully saturated rings. The van der Waals surface area contributed by atoms with Gasteiger partial charge in [0, 0.05) is 36.7 Å². The van der Waals surface area contributed by atoms with Crippen molar-refractivity contribution in [2.75, 3.05) is 13.1 Å². The van der Waals surface area contributed by atoms with Crippen LogP contribution in [0.15, 0.2) is 59.1 Å². The molecule has 0 bridgehead atoms. The molecule has 0 spiro atoms. The van der Waals surface area contributed by atoms with Gasteiger partial charge in [0.15, 0.2) is 0 Å². The number of nitrogens with two attached hydrogens (primary N) is 1. The van der Waals surface area contributed by atoms with Crippen molar-refractivity contribution < 1.29 is 9.32 Å². The molecule has 146 valence electrons. The lowest BCUT2D eigenvalue weighted by Crippen LogP contribution is -2.37. The summed E-state index contributed by atoms with van der Waals surface area (Å²) in [6.07, 6.45) is 1.65. The molecule has 3 aromatic rings. The molecule has 1 aromatic heterocycles. The van der Waals surface area contributed by atoms with E-state index in [0.717, 1.165) is 29.5 Å². The molecule has 1 amide bonds. The number of halogens is 1. The zero-order chi connectivity index (χ0) is 18.6. The van der Waals surface area contributed by atoms with Crippen molar-refractivity contribution >= 4 is 18.3 Å². The van der Waals surface area contributed by atoms with Gasteiger partial charge in [0.1, 0.15) is 0 Å². The molecule has 1 aliphatic rings. The number of rotatable bonds is 4. The predicted octanol–water partition coefficient (Wildman–Crippen LogP) is 3.64. The van der Waals surface area contributed by atoms with E-state index in [9.17, 15) is 4.79 Å². The number of carbonyl (C=O) groups is 1. The van der Waals surface area contributed by atoms with Crippen molar-refractivity contribution in [3.8, 4) is 11.4 Å². The van der Waals surface area contributed by atoms with Crippen LogP contribution in [0.3, 0.4) is 0 Å². The zero-order valence-corrected chi connectivity index (χ0v) is 16.3. The Labute approximate surface area is 170 Å². The monoisotopic (exact) mass is 398 g/mol. The number of benzene rings is 2. The van der Waals surface area contributed by atoms with Gasteiger partial charge in [0.2, 0.25) is 11.7 Å². The minimum Gasteiger partial charge on any atom is -0.339 e. The maximum absolute atomic E-state index is 12.5. The molecule has 0 atom stereocenters. The minimum absolute atomic E-state index is 0. The molecule has 2 heterocycles. The van der Waals surface area contributed by atoms with Crippen LogP contribution < -0.4 is 5.73 Å². The van der Waals surface area contributed by atoms with Crippen molar-refractivity contribution in [2.45, 2.75) is 25.3 Å². The number of hydrogen-bond acceptors (Lipinski definition) is 5. The van der Waals surface area contributed by atoms with Crippen LogP contribution in [-0.2, 0) is 6.54 Å². The summed E-state index contributed by atoms with van der Waals surface area (Å²) in [5.41, 5.74) is 8.35. The van der Waals surface area contributed by atoms with Crippen molar-refractivity contribution in [1.82, 2.24) is 15.0 Å². The van der Waals surface area contributed by atoms with E-state index >= 15 is 0 Å². The topological polar surface area (TPSA) is 85.2 Å². The second-order valence-corrected chi connectivity index (χ2v) is 6.79. The van der Waals surface area contributed by atoms with Gasteiger partial charge < -0.3 is 15.2 Å². The third-order valence-electron chi connectivity index (χ3n) is 5.04. The van der Waals surface area contributed by atoms with E-state index in [2.05, 4.69) is 10.1 Å². The van der Waals surface area contributed by atoms with Gasteiger partial charge in [0.05, 0.1) is 0 Å². The Morgan fingerprint density at radius 3 is 2.39 bits per heavy atom. The molecule has 1 aliphatic heterocycles. The van der Waals surface area contributed by atoms with Gasteiger partial charge in [-0.15, -0.1) is 12.4 Å². The van der Waals surface area contributed by atoms with Crippen LogP contribution in [0.25, 0.3) is 11.4 Å². The normalized spacial score (nSPS) is 14.5. The van der Waals surface area contributed by atoms with Crippen molar-refractivity contribution in [1.29, 1.82) is 0 Å². The summed E-state index contributed by atoms with van der Waals surface area (Å²) in [5, 5.41) is 4.12. The van der Waals surface area contributed by atoms with E-state index in [1.165, 1.54) is 0 Å². The maximum atomic E-state index is 12.5. The van der Waals surface area contributed by atoms with Crippen LogP contribution in [0, 0.1) is 0 Å². The third-order valence-corrected chi connectivity index (χ3v) is 5.04. The van der Waals surface area contributed by atoms with Gasteiger partial charge >= 0.3 is 0 Å². The predicted molar refractivity (Wildman–Crippen MR) is 109 cm³/mol. The fraction of sp³-hybridized carbons (Fsp3) is 0.286. The zero-order valence-electron chi connectivity index (χ0n) is 15.5. The van der Waals surface area contributed by atoms with E-state index in [0.29, 0.717) is 31.3 Å². The minimum atomic E-state index is 0. The van der Waals surface area contributed by atoms with E-state index in [1.54, 1.807) is 0 Å². The quantitative estimate of drug-likeness (QED) is 0.725. The van der Waals surface area contributed by atoms with E-state index in [1.807, 2.05) is 59.5 Å². The molecule has 0 aliphatic carbocycles. The van der Waals surface area contributed by atoms with Crippen LogP contribution in [0.4, 0.5) is 0 Å². The van der Waals surface area contributed by atoms with Gasteiger partial charge in [0.25, 0.3) is 5.91 Å². The molecule has 0 saturated carbocycles. The Morgan fingerprint density at radius 2 is 1.75 bits per heavy atom. The molecule has 2 aromatic carbocycles. The number of carbonyl (C=O) groups excluding carboxylic acids is 1. The lowest BCUT2D eigenvalue weighted by atomic mass is 9.96. The highest BCUT2D eigenvalue weighted by atomic mass is 35.5. The van der Waals surface area contributed by atoms with Gasteiger partial charge in [-0.1, -0.05) is 47.6 Å². The number of hydrogen-bond donors (Lipinski definition) is 1. The van der Waals surface area contributed by atoms with Crippen molar-refractivity contribution in [3.05, 3.63) is 71.6 Å². The fourth-order valence-electron chi connectivity index (χ4n) is 3.40. The van der Waals surface area contributed by atoms with Crippen molar-refractivity contribution in [3.63, 3.8) is 0 Å². The van der Waals surface area contributed by atoms with Crippen LogP contribution in [0.2, 0.25) is 0 Å². The SMILES string of the molecule is Cl.NCc1ccc(-c2noc(C3CCN(C(=O)c4ccccc4)CC3)n2)cc1. The van der Waals surface area contributed by atoms with Gasteiger partial charge in [-0.3, -0.25) is 4.79 Å². The smallest absolute Gasteiger partial charge is 0.253 e. The number of aromatic nitrogens is 2. The van der Waals surface area contributed by atoms with Crippen molar-refractivity contribution in [2.24, 2.45) is 5.73 Å². The summed E-state index contributed by atoms with van der Waals surface area (Å²) in [7, 11) is 0. The first-order valence-corrected chi connectivity index (χ1v) is 9.22. The van der Waals surface area contributed by atoms with Crippen LogP contribution in [0.5, 0.6) is 0 Å². The maximum Gasteiger partial charge on any atom is 0.253 e. The average Bonchev–Trinajstić information content (AvgIpc) is 3.24. The lowest BCUT2D eigenvalue weighted by molar-refractivity contribution is 0.0704. The first-order chi connectivity index (χ1) is 13.2. The molecule has 0 unspecified atom stereocenters. The molecule has 28 heavy (non-hydrogen) atoms. The number of amides is 1. The van der Waals surface area contributed by atoms with Gasteiger partial charge in [-0.25, -0.2) is 0 Å². The highest BCUT2D eigenvalue weighted by Gasteiger charge is 2.28. The summed E-state index contributed by atoms with van der Waals surface area (Å²) in [4.78, 5) is 19.0. The molecule has 2 N–H and O–H groups in total. The van der Waals surface area contributed by atoms with Gasteiger partial charge in [-0.2, -0.15) is 4.98 Å². The van der Waals surface area contributed by atoms with Crippen LogP contribution in [-0.4, -0.2) is 34.0 Å². The third kappa shape index (κ3) is 4.24. The Hall–Kier alpha value is -2.70. The molecule has 4 rings (SSSR count). The summed E-state index contributed by atoms with van der Waals surface area (Å²) in [6, 6.07) is 17.3. The number of likely N-dealkylation sites (tertiary alicyclic amines) is 1. The first kappa shape index (κ1) is 20.0. The summed E-state index contributed by atoms with van der Waals surface area (Å²) in [5.74, 6) is 1.52. The van der Waals surface area contributed by atoms with E-state index in [-0.39, 0.29) is 24.2 Å². The molecular formula is C21H23ClN4O2. The highest BCUT2D eigenvalue weighted by molar-refractivity contribution is 5.94. The van der Waals surface area contributed by atoms with Crippen LogP contribution >= 0.6 is 12.4 Å². The average molecular weight is 399 g/mol. The Morgan fingerprint density at radius 1 is 1.07 bits per heavy atom. The number of piperidine rings is 1. The first-order valence-electron chi connectivity index (χ1n) is 9.22. The standard InChI is InChI=1S/C21H22N4O2.ClH/c22-14-15-6-8-16(9-7-15)19-23-20(27-24-19)17-10-12-25(13-11-17)21(26)18-4-2-1-3-5-18;/h1-9,17H,10-14,22H2;1H. The largest absolute Gasteiger partial charge is 0.339 e. The Kier molecular flexibility index (Phi) is 6.44. The fourth-order valence-corrected chi connectivity index (χ4v) is 3.40. The highest BCUT2D eigenvalue weighted by Crippen LogP contribution is 2.29. The summed E-state index contributed by atoms with van der Waals surface area (Å²) >= 11 is 0. The summed E-state index contributed by atoms with van der Waals surface area (Å²) in [6.45, 7) is 1.90. The second kappa shape index (κ2) is 8.99.